The Morgan fingerprint density at radius 3 is 2.50 bits per heavy atom. The van der Waals surface area contributed by atoms with Crippen LogP contribution in [0.1, 0.15) is 82.6 Å². The maximum atomic E-state index is 13.6. The lowest BCUT2D eigenvalue weighted by Gasteiger charge is -2.21. The van der Waals surface area contributed by atoms with Gasteiger partial charge in [-0.05, 0) is 69.6 Å². The number of pyridine rings is 1. The summed E-state index contributed by atoms with van der Waals surface area (Å²) in [5.74, 6) is -2.36. The van der Waals surface area contributed by atoms with Gasteiger partial charge in [-0.15, -0.1) is 6.58 Å². The smallest absolute Gasteiger partial charge is 0.408 e. The molecule has 3 fully saturated rings. The van der Waals surface area contributed by atoms with Gasteiger partial charge in [0.2, 0.25) is 11.8 Å². The van der Waals surface area contributed by atoms with Gasteiger partial charge in [0.05, 0.1) is 11.7 Å². The van der Waals surface area contributed by atoms with E-state index < -0.39 is 57.4 Å². The third-order valence-electron chi connectivity index (χ3n) is 10.2. The van der Waals surface area contributed by atoms with Crippen LogP contribution in [0.15, 0.2) is 60.1 Å². The molecule has 1 saturated heterocycles. The largest absolute Gasteiger partial charge is 0.480 e. The van der Waals surface area contributed by atoms with Crippen LogP contribution in [0.2, 0.25) is 0 Å². The number of aliphatic carboxylic acids is 1. The van der Waals surface area contributed by atoms with Crippen LogP contribution in [0, 0.1) is 12.8 Å². The lowest BCUT2D eigenvalue weighted by molar-refractivity contribution is -0.139. The zero-order valence-corrected chi connectivity index (χ0v) is 31.5. The summed E-state index contributed by atoms with van der Waals surface area (Å²) in [5.41, 5.74) is -0.126. The number of para-hydroxylation sites is 1. The number of anilines is 1. The number of amides is 3. The number of carboxylic acid groups (broad SMARTS) is 1. The van der Waals surface area contributed by atoms with E-state index in [0.717, 1.165) is 50.5 Å². The van der Waals surface area contributed by atoms with E-state index in [1.807, 2.05) is 13.0 Å². The molecule has 0 radical (unpaired) electrons. The standard InChI is InChI=1S/C38H52N6O9S/c1-3-26-22-38(26,43-34(45)31-21-28(24-40-31)52-33-19-18-25(2)23-41-33)36(48)44-54(50,51)32-17-11-10-15-29(32)39-20-12-6-4-5-7-16-30(35(46)47)42-37(49)53-27-13-8-9-14-27/h3,10-11,15,17-19,23,26-28,30-31,39-40H,1,4-9,12-14,16,20-22,24H2,2H3,(H,42,49)(H,43,45)(H,44,48)(H,46,47)/t26-,28-,30+,31+,38-/m1/s1. The summed E-state index contributed by atoms with van der Waals surface area (Å²) in [4.78, 5) is 54.8. The molecule has 5 rings (SSSR count). The lowest BCUT2D eigenvalue weighted by atomic mass is 10.1. The topological polar surface area (TPSA) is 214 Å². The van der Waals surface area contributed by atoms with Crippen molar-refractivity contribution >= 4 is 39.6 Å². The molecule has 2 saturated carbocycles. The minimum Gasteiger partial charge on any atom is -0.480 e. The van der Waals surface area contributed by atoms with E-state index in [-0.39, 0.29) is 23.5 Å². The Kier molecular flexibility index (Phi) is 13.9. The minimum atomic E-state index is -4.33. The van der Waals surface area contributed by atoms with Crippen molar-refractivity contribution in [2.75, 3.05) is 18.4 Å². The van der Waals surface area contributed by atoms with Crippen molar-refractivity contribution < 1.29 is 42.2 Å². The van der Waals surface area contributed by atoms with Gasteiger partial charge in [0.15, 0.2) is 0 Å². The van der Waals surface area contributed by atoms with Crippen LogP contribution >= 0.6 is 0 Å². The summed E-state index contributed by atoms with van der Waals surface area (Å²) < 4.78 is 40.5. The van der Waals surface area contributed by atoms with E-state index in [1.54, 1.807) is 30.5 Å². The molecule has 2 heterocycles. The Bertz CT molecular complexity index is 1750. The van der Waals surface area contributed by atoms with E-state index in [0.29, 0.717) is 50.3 Å². The normalized spacial score (nSPS) is 22.8. The number of nitrogens with one attached hydrogen (secondary N) is 5. The average Bonchev–Trinajstić information content (AvgIpc) is 3.41. The number of sulfonamides is 1. The zero-order chi connectivity index (χ0) is 38.7. The third-order valence-corrected chi connectivity index (χ3v) is 11.6. The highest BCUT2D eigenvalue weighted by atomic mass is 32.2. The number of aryl methyl sites for hydroxylation is 1. The Balaban J connectivity index is 1.05. The van der Waals surface area contributed by atoms with E-state index in [4.69, 9.17) is 9.47 Å². The number of benzene rings is 1. The fraction of sp³-hybridized carbons (Fsp3) is 0.553. The molecule has 2 aromatic rings. The molecule has 6 N–H and O–H groups in total. The molecule has 15 nitrogen and oxygen atoms in total. The molecule has 0 spiro atoms. The Morgan fingerprint density at radius 2 is 1.80 bits per heavy atom. The maximum absolute atomic E-state index is 13.6. The number of ether oxygens (including phenoxy) is 2. The van der Waals surface area contributed by atoms with Crippen LogP contribution in [0.3, 0.4) is 0 Å². The second kappa shape index (κ2) is 18.6. The molecule has 54 heavy (non-hydrogen) atoms. The molecule has 1 aromatic heterocycles. The minimum absolute atomic E-state index is 0.100. The van der Waals surface area contributed by atoms with Gasteiger partial charge in [0, 0.05) is 37.7 Å². The van der Waals surface area contributed by atoms with Gasteiger partial charge in [0.1, 0.15) is 28.7 Å². The van der Waals surface area contributed by atoms with E-state index in [1.165, 1.54) is 12.1 Å². The first-order chi connectivity index (χ1) is 25.9. The number of hydrogen-bond donors (Lipinski definition) is 6. The van der Waals surface area contributed by atoms with Crippen LogP contribution in [-0.2, 0) is 29.1 Å². The van der Waals surface area contributed by atoms with Gasteiger partial charge in [-0.25, -0.2) is 27.7 Å². The van der Waals surface area contributed by atoms with Gasteiger partial charge in [-0.3, -0.25) is 9.59 Å². The summed E-state index contributed by atoms with van der Waals surface area (Å²) in [7, 11) is -4.33. The van der Waals surface area contributed by atoms with Crippen LogP contribution in [0.5, 0.6) is 5.88 Å². The van der Waals surface area contributed by atoms with E-state index >= 15 is 0 Å². The summed E-state index contributed by atoms with van der Waals surface area (Å²) in [6.07, 6.45) is 10.3. The molecule has 1 aliphatic heterocycles. The Labute approximate surface area is 316 Å². The predicted octanol–water partition coefficient (Wildman–Crippen LogP) is 3.94. The number of hydrogen-bond acceptors (Lipinski definition) is 11. The molecule has 2 aliphatic carbocycles. The van der Waals surface area contributed by atoms with Gasteiger partial charge >= 0.3 is 12.1 Å². The second-order valence-corrected chi connectivity index (χ2v) is 16.0. The molecule has 3 aliphatic rings. The SMILES string of the molecule is C=C[C@@H]1C[C@]1(NC(=O)[C@@H]1C[C@@H](Oc2ccc(C)cn2)CN1)C(=O)NS(=O)(=O)c1ccccc1NCCCCCCC[C@H](NC(=O)OC1CCCC1)C(=O)O. The fourth-order valence-corrected chi connectivity index (χ4v) is 8.19. The first kappa shape index (κ1) is 40.5. The summed E-state index contributed by atoms with van der Waals surface area (Å²) >= 11 is 0. The van der Waals surface area contributed by atoms with Gasteiger partial charge < -0.3 is 35.8 Å². The number of carbonyl (C=O) groups is 4. The molecule has 0 unspecified atom stereocenters. The zero-order valence-electron chi connectivity index (χ0n) is 30.7. The van der Waals surface area contributed by atoms with Crippen molar-refractivity contribution in [3.05, 3.63) is 60.8 Å². The highest BCUT2D eigenvalue weighted by molar-refractivity contribution is 7.90. The molecule has 16 heteroatoms. The monoisotopic (exact) mass is 768 g/mol. The second-order valence-electron chi connectivity index (χ2n) is 14.4. The van der Waals surface area contributed by atoms with Crippen molar-refractivity contribution in [1.29, 1.82) is 0 Å². The van der Waals surface area contributed by atoms with E-state index in [2.05, 4.69) is 37.6 Å². The number of carbonyl (C=O) groups excluding carboxylic acids is 3. The first-order valence-electron chi connectivity index (χ1n) is 18.8. The van der Waals surface area contributed by atoms with Crippen LogP contribution in [-0.4, -0.2) is 85.3 Å². The Morgan fingerprint density at radius 1 is 1.06 bits per heavy atom. The molecular weight excluding hydrogens is 717 g/mol. The highest BCUT2D eigenvalue weighted by Crippen LogP contribution is 2.45. The Hall–Kier alpha value is -4.70. The maximum Gasteiger partial charge on any atom is 0.408 e. The molecule has 294 valence electrons. The molecule has 5 atom stereocenters. The molecule has 1 aromatic carbocycles. The number of rotatable bonds is 20. The third kappa shape index (κ3) is 10.9. The summed E-state index contributed by atoms with van der Waals surface area (Å²) in [6, 6.07) is 8.27. The van der Waals surface area contributed by atoms with Crippen molar-refractivity contribution in [1.82, 2.24) is 25.7 Å². The van der Waals surface area contributed by atoms with Crippen molar-refractivity contribution in [3.8, 4) is 5.88 Å². The van der Waals surface area contributed by atoms with Gasteiger partial charge in [-0.1, -0.05) is 50.0 Å². The number of carboxylic acids is 1. The quantitative estimate of drug-likeness (QED) is 0.0835. The number of alkyl carbamates (subject to hydrolysis) is 1. The number of aromatic nitrogens is 1. The van der Waals surface area contributed by atoms with Crippen molar-refractivity contribution in [2.45, 2.75) is 119 Å². The van der Waals surface area contributed by atoms with Gasteiger partial charge in [-0.2, -0.15) is 0 Å². The summed E-state index contributed by atoms with van der Waals surface area (Å²) in [6.45, 7) is 6.56. The van der Waals surface area contributed by atoms with Crippen molar-refractivity contribution in [3.63, 3.8) is 0 Å². The average molecular weight is 769 g/mol. The lowest BCUT2D eigenvalue weighted by Crippen LogP contribution is -2.55. The molecular formula is C38H52N6O9S. The van der Waals surface area contributed by atoms with Crippen LogP contribution in [0.25, 0.3) is 0 Å². The van der Waals surface area contributed by atoms with Gasteiger partial charge in [0.25, 0.3) is 15.9 Å². The predicted molar refractivity (Wildman–Crippen MR) is 200 cm³/mol. The summed E-state index contributed by atoms with van der Waals surface area (Å²) in [5, 5.41) is 21.1. The van der Waals surface area contributed by atoms with Crippen LogP contribution < -0.4 is 30.7 Å². The fourth-order valence-electron chi connectivity index (χ4n) is 6.96. The van der Waals surface area contributed by atoms with Crippen molar-refractivity contribution in [2.24, 2.45) is 5.92 Å². The molecule has 0 bridgehead atoms. The first-order valence-corrected chi connectivity index (χ1v) is 20.3. The van der Waals surface area contributed by atoms with Crippen LogP contribution in [0.4, 0.5) is 10.5 Å². The van der Waals surface area contributed by atoms with E-state index in [9.17, 15) is 32.7 Å². The number of unbranched alkanes of at least 4 members (excludes halogenated alkanes) is 4. The molecule has 3 amide bonds. The number of nitrogens with zero attached hydrogens (tertiary/aromatic N) is 1. The highest BCUT2D eigenvalue weighted by Gasteiger charge is 2.61.